The first-order valence-corrected chi connectivity index (χ1v) is 12.1. The monoisotopic (exact) mass is 497 g/mol. The Morgan fingerprint density at radius 1 is 1.00 bits per heavy atom. The molecule has 8 nitrogen and oxygen atoms in total. The smallest absolute Gasteiger partial charge is 0.226 e. The lowest BCUT2D eigenvalue weighted by Crippen LogP contribution is -2.17. The maximum atomic E-state index is 13.7. The highest BCUT2D eigenvalue weighted by atomic mass is 32.1. The lowest BCUT2D eigenvalue weighted by atomic mass is 10.1. The Balaban J connectivity index is 1.41. The van der Waals surface area contributed by atoms with Crippen LogP contribution in [0.2, 0.25) is 0 Å². The van der Waals surface area contributed by atoms with Crippen molar-refractivity contribution in [3.05, 3.63) is 66.4 Å². The SMILES string of the molecule is CC(C)C(=O)Nc1cncc(-c2cc3c(-c4cc5c(-c6ccc(F)s6)cncc5[nH]4)n[nH]c3cn2)c1. The first-order valence-electron chi connectivity index (χ1n) is 11.3. The minimum atomic E-state index is -0.238. The van der Waals surface area contributed by atoms with Gasteiger partial charge >= 0.3 is 0 Å². The van der Waals surface area contributed by atoms with Gasteiger partial charge in [0.2, 0.25) is 5.91 Å². The molecule has 0 fully saturated rings. The Morgan fingerprint density at radius 3 is 2.67 bits per heavy atom. The van der Waals surface area contributed by atoms with E-state index in [1.807, 2.05) is 32.0 Å². The van der Waals surface area contributed by atoms with Gasteiger partial charge in [0.15, 0.2) is 5.13 Å². The third kappa shape index (κ3) is 3.91. The maximum Gasteiger partial charge on any atom is 0.226 e. The number of hydrogen-bond donors (Lipinski definition) is 3. The predicted molar refractivity (Wildman–Crippen MR) is 139 cm³/mol. The molecule has 6 aromatic heterocycles. The first kappa shape index (κ1) is 22.1. The fraction of sp³-hybridized carbons (Fsp3) is 0.115. The second kappa shape index (κ2) is 8.65. The third-order valence-electron chi connectivity index (χ3n) is 5.91. The number of aromatic amines is 2. The highest BCUT2D eigenvalue weighted by Crippen LogP contribution is 2.36. The number of carbonyl (C=O) groups is 1. The molecule has 0 radical (unpaired) electrons. The van der Waals surface area contributed by atoms with Crippen LogP contribution < -0.4 is 5.32 Å². The number of nitrogens with one attached hydrogen (secondary N) is 3. The van der Waals surface area contributed by atoms with Crippen molar-refractivity contribution in [2.24, 2.45) is 5.92 Å². The summed E-state index contributed by atoms with van der Waals surface area (Å²) in [6.07, 6.45) is 8.54. The maximum absolute atomic E-state index is 13.7. The molecule has 0 atom stereocenters. The summed E-state index contributed by atoms with van der Waals surface area (Å²) >= 11 is 1.09. The van der Waals surface area contributed by atoms with Crippen LogP contribution in [-0.4, -0.2) is 36.0 Å². The molecular formula is C26H20FN7OS. The Labute approximate surface area is 208 Å². The molecule has 6 rings (SSSR count). The summed E-state index contributed by atoms with van der Waals surface area (Å²) in [5, 5.41) is 12.0. The summed E-state index contributed by atoms with van der Waals surface area (Å²) in [6, 6.07) is 9.01. The number of halogens is 1. The first-order chi connectivity index (χ1) is 17.5. The number of H-pyrrole nitrogens is 2. The summed E-state index contributed by atoms with van der Waals surface area (Å²) in [4.78, 5) is 29.5. The van der Waals surface area contributed by atoms with Crippen molar-refractivity contribution in [3.63, 3.8) is 0 Å². The molecule has 0 unspecified atom stereocenters. The van der Waals surface area contributed by atoms with Crippen LogP contribution in [0.5, 0.6) is 0 Å². The normalized spacial score (nSPS) is 11.6. The summed E-state index contributed by atoms with van der Waals surface area (Å²) in [5.74, 6) is -0.213. The molecule has 0 saturated heterocycles. The van der Waals surface area contributed by atoms with Gasteiger partial charge in [-0.05, 0) is 30.3 Å². The number of amides is 1. The minimum Gasteiger partial charge on any atom is -0.352 e. The number of thiophene rings is 1. The van der Waals surface area contributed by atoms with Gasteiger partial charge < -0.3 is 10.3 Å². The number of fused-ring (bicyclic) bond motifs is 2. The topological polar surface area (TPSA) is 112 Å². The molecule has 0 aromatic carbocycles. The van der Waals surface area contributed by atoms with Crippen LogP contribution in [0.15, 0.2) is 61.3 Å². The zero-order valence-electron chi connectivity index (χ0n) is 19.3. The summed E-state index contributed by atoms with van der Waals surface area (Å²) in [7, 11) is 0. The van der Waals surface area contributed by atoms with E-state index in [1.54, 1.807) is 37.1 Å². The van der Waals surface area contributed by atoms with Crippen LogP contribution in [0, 0.1) is 11.0 Å². The molecule has 0 saturated carbocycles. The Hall–Kier alpha value is -4.44. The quantitative estimate of drug-likeness (QED) is 0.269. The fourth-order valence-electron chi connectivity index (χ4n) is 4.05. The van der Waals surface area contributed by atoms with E-state index < -0.39 is 0 Å². The van der Waals surface area contributed by atoms with Crippen molar-refractivity contribution in [3.8, 4) is 33.1 Å². The van der Waals surface area contributed by atoms with Crippen LogP contribution in [0.4, 0.5) is 10.1 Å². The summed E-state index contributed by atoms with van der Waals surface area (Å²) in [5.41, 5.74) is 6.09. The molecule has 178 valence electrons. The lowest BCUT2D eigenvalue weighted by Gasteiger charge is -2.08. The highest BCUT2D eigenvalue weighted by Gasteiger charge is 2.16. The van der Waals surface area contributed by atoms with Gasteiger partial charge in [0.25, 0.3) is 0 Å². The van der Waals surface area contributed by atoms with Gasteiger partial charge in [-0.1, -0.05) is 13.8 Å². The predicted octanol–water partition coefficient (Wildman–Crippen LogP) is 6.03. The molecule has 0 bridgehead atoms. The molecule has 0 aliphatic rings. The van der Waals surface area contributed by atoms with Crippen LogP contribution in [-0.2, 0) is 4.79 Å². The average molecular weight is 498 g/mol. The van der Waals surface area contributed by atoms with Gasteiger partial charge in [-0.25, -0.2) is 0 Å². The van der Waals surface area contributed by atoms with Gasteiger partial charge in [-0.15, -0.1) is 11.3 Å². The molecular weight excluding hydrogens is 477 g/mol. The fourth-order valence-corrected chi connectivity index (χ4v) is 4.80. The molecule has 3 N–H and O–H groups in total. The van der Waals surface area contributed by atoms with Crippen LogP contribution in [0.25, 0.3) is 54.9 Å². The highest BCUT2D eigenvalue weighted by molar-refractivity contribution is 7.14. The van der Waals surface area contributed by atoms with Crippen LogP contribution in [0.1, 0.15) is 13.8 Å². The standard InChI is InChI=1S/C26H20FN7OS/c1-13(2)26(35)31-15-5-14(8-28-9-15)19-7-17-22(12-30-19)33-34-25(17)20-6-16-18(10-29-11-21(16)32-20)23-3-4-24(27)36-23/h3-13,32H,1-2H3,(H,31,35)(H,33,34). The summed E-state index contributed by atoms with van der Waals surface area (Å²) in [6.45, 7) is 3.68. The molecule has 10 heteroatoms. The Morgan fingerprint density at radius 2 is 1.86 bits per heavy atom. The second-order valence-electron chi connectivity index (χ2n) is 8.73. The van der Waals surface area contributed by atoms with Crippen molar-refractivity contribution in [1.82, 2.24) is 30.1 Å². The number of carbonyl (C=O) groups excluding carboxylic acids is 1. The number of pyridine rings is 3. The van der Waals surface area contributed by atoms with Crippen LogP contribution >= 0.6 is 11.3 Å². The zero-order valence-corrected chi connectivity index (χ0v) is 20.2. The van der Waals surface area contributed by atoms with Gasteiger partial charge in [0, 0.05) is 45.1 Å². The van der Waals surface area contributed by atoms with Crippen molar-refractivity contribution in [1.29, 1.82) is 0 Å². The van der Waals surface area contributed by atoms with E-state index in [1.165, 1.54) is 6.07 Å². The van der Waals surface area contributed by atoms with Crippen molar-refractivity contribution in [2.75, 3.05) is 5.32 Å². The molecule has 1 amide bonds. The zero-order chi connectivity index (χ0) is 24.8. The van der Waals surface area contributed by atoms with Crippen molar-refractivity contribution < 1.29 is 9.18 Å². The van der Waals surface area contributed by atoms with Crippen molar-refractivity contribution >= 4 is 44.7 Å². The molecule has 6 aromatic rings. The number of anilines is 1. The Bertz CT molecular complexity index is 1750. The summed E-state index contributed by atoms with van der Waals surface area (Å²) < 4.78 is 13.7. The van der Waals surface area contributed by atoms with Gasteiger partial charge in [0.05, 0.1) is 46.7 Å². The molecule has 6 heterocycles. The number of rotatable bonds is 5. The second-order valence-corrected chi connectivity index (χ2v) is 9.76. The van der Waals surface area contributed by atoms with E-state index >= 15 is 0 Å². The van der Waals surface area contributed by atoms with Crippen molar-refractivity contribution in [2.45, 2.75) is 13.8 Å². The third-order valence-corrected chi connectivity index (χ3v) is 6.82. The Kier molecular flexibility index (Phi) is 5.30. The van der Waals surface area contributed by atoms with E-state index in [2.05, 4.69) is 35.5 Å². The van der Waals surface area contributed by atoms with E-state index in [0.717, 1.165) is 60.5 Å². The minimum absolute atomic E-state index is 0.0764. The number of hydrogen-bond acceptors (Lipinski definition) is 6. The molecule has 0 aliphatic carbocycles. The van der Waals surface area contributed by atoms with E-state index in [4.69, 9.17) is 0 Å². The van der Waals surface area contributed by atoms with E-state index in [9.17, 15) is 9.18 Å². The molecule has 0 spiro atoms. The number of aromatic nitrogens is 6. The molecule has 36 heavy (non-hydrogen) atoms. The molecule has 0 aliphatic heterocycles. The largest absolute Gasteiger partial charge is 0.352 e. The van der Waals surface area contributed by atoms with Gasteiger partial charge in [-0.3, -0.25) is 24.8 Å². The average Bonchev–Trinajstić information content (AvgIpc) is 3.61. The lowest BCUT2D eigenvalue weighted by molar-refractivity contribution is -0.118. The van der Waals surface area contributed by atoms with E-state index in [0.29, 0.717) is 11.4 Å². The number of nitrogens with zero attached hydrogens (tertiary/aromatic N) is 4. The van der Waals surface area contributed by atoms with Crippen LogP contribution in [0.3, 0.4) is 0 Å². The van der Waals surface area contributed by atoms with E-state index in [-0.39, 0.29) is 17.0 Å². The van der Waals surface area contributed by atoms with Gasteiger partial charge in [-0.2, -0.15) is 9.49 Å². The van der Waals surface area contributed by atoms with Gasteiger partial charge in [0.1, 0.15) is 5.69 Å².